The molecule has 0 aromatic heterocycles. The Kier molecular flexibility index (Phi) is 11.9. The van der Waals surface area contributed by atoms with E-state index in [1.807, 2.05) is 6.92 Å². The van der Waals surface area contributed by atoms with Crippen molar-refractivity contribution in [2.24, 2.45) is 4.99 Å². The summed E-state index contributed by atoms with van der Waals surface area (Å²) in [5.74, 6) is 0.0960. The molecule has 134 valence electrons. The van der Waals surface area contributed by atoms with Crippen LogP contribution in [0.3, 0.4) is 0 Å². The second-order valence-electron chi connectivity index (χ2n) is 6.51. The second kappa shape index (κ2) is 13.5. The summed E-state index contributed by atoms with van der Waals surface area (Å²) in [5, 5.41) is 0. The van der Waals surface area contributed by atoms with Crippen molar-refractivity contribution in [1.82, 2.24) is 0 Å². The number of rotatable bonds is 4. The van der Waals surface area contributed by atoms with E-state index in [0.717, 1.165) is 12.8 Å². The molecule has 0 saturated heterocycles. The fourth-order valence-electron chi connectivity index (χ4n) is 3.10. The number of esters is 1. The smallest absolute Gasteiger partial charge is 0.338 e. The second-order valence-corrected chi connectivity index (χ2v) is 6.51. The standard InChI is InChI=1S/C19H35NO3/c1-3-20-17(2)23-19(21)16-22-18-14-12-10-8-6-4-5-7-9-11-13-15-18/h18H,3-16H2,1-2H3/b20-17-. The van der Waals surface area contributed by atoms with Gasteiger partial charge in [-0.1, -0.05) is 64.2 Å². The van der Waals surface area contributed by atoms with Crippen LogP contribution in [0.4, 0.5) is 0 Å². The van der Waals surface area contributed by atoms with Gasteiger partial charge in [-0.05, 0) is 19.8 Å². The van der Waals surface area contributed by atoms with Crippen LogP contribution < -0.4 is 0 Å². The topological polar surface area (TPSA) is 47.9 Å². The van der Waals surface area contributed by atoms with Gasteiger partial charge in [-0.2, -0.15) is 0 Å². The minimum absolute atomic E-state index is 0.0429. The summed E-state index contributed by atoms with van der Waals surface area (Å²) in [7, 11) is 0. The lowest BCUT2D eigenvalue weighted by atomic mass is 10.0. The molecule has 0 aliphatic heterocycles. The number of hydrogen-bond donors (Lipinski definition) is 0. The van der Waals surface area contributed by atoms with E-state index in [4.69, 9.17) is 9.47 Å². The zero-order chi connectivity index (χ0) is 16.8. The predicted octanol–water partition coefficient (Wildman–Crippen LogP) is 5.05. The molecule has 1 fully saturated rings. The first-order valence-electron chi connectivity index (χ1n) is 9.55. The molecule has 0 spiro atoms. The number of carbonyl (C=O) groups excluding carboxylic acids is 1. The first kappa shape index (κ1) is 20.1. The molecule has 23 heavy (non-hydrogen) atoms. The highest BCUT2D eigenvalue weighted by Crippen LogP contribution is 2.18. The maximum absolute atomic E-state index is 11.8. The van der Waals surface area contributed by atoms with Crippen molar-refractivity contribution in [2.45, 2.75) is 97.0 Å². The van der Waals surface area contributed by atoms with Gasteiger partial charge in [-0.15, -0.1) is 0 Å². The minimum Gasteiger partial charge on any atom is -0.411 e. The van der Waals surface area contributed by atoms with E-state index in [2.05, 4.69) is 4.99 Å². The molecule has 0 aromatic rings. The lowest BCUT2D eigenvalue weighted by Crippen LogP contribution is -2.22. The van der Waals surface area contributed by atoms with Crippen molar-refractivity contribution in [3.8, 4) is 0 Å². The zero-order valence-corrected chi connectivity index (χ0v) is 15.1. The van der Waals surface area contributed by atoms with Gasteiger partial charge in [0, 0.05) is 13.5 Å². The third-order valence-corrected chi connectivity index (χ3v) is 4.38. The van der Waals surface area contributed by atoms with E-state index in [0.29, 0.717) is 12.4 Å². The van der Waals surface area contributed by atoms with Crippen molar-refractivity contribution in [1.29, 1.82) is 0 Å². The Balaban J connectivity index is 2.31. The number of carbonyl (C=O) groups is 1. The third-order valence-electron chi connectivity index (χ3n) is 4.38. The molecular weight excluding hydrogens is 290 g/mol. The molecule has 0 unspecified atom stereocenters. The normalized spacial score (nSPS) is 20.2. The van der Waals surface area contributed by atoms with Crippen LogP contribution in [-0.2, 0) is 14.3 Å². The van der Waals surface area contributed by atoms with Gasteiger partial charge < -0.3 is 9.47 Å². The molecule has 0 N–H and O–H groups in total. The summed E-state index contributed by atoms with van der Waals surface area (Å²) >= 11 is 0. The van der Waals surface area contributed by atoms with Gasteiger partial charge in [0.25, 0.3) is 0 Å². The van der Waals surface area contributed by atoms with Crippen LogP contribution in [0, 0.1) is 0 Å². The Morgan fingerprint density at radius 3 is 1.87 bits per heavy atom. The van der Waals surface area contributed by atoms with E-state index >= 15 is 0 Å². The number of nitrogens with zero attached hydrogens (tertiary/aromatic N) is 1. The van der Waals surface area contributed by atoms with Crippen LogP contribution in [0.5, 0.6) is 0 Å². The summed E-state index contributed by atoms with van der Waals surface area (Å²) < 4.78 is 11.0. The molecule has 1 rings (SSSR count). The fraction of sp³-hybridized carbons (Fsp3) is 0.895. The van der Waals surface area contributed by atoms with Crippen LogP contribution in [-0.4, -0.2) is 31.1 Å². The van der Waals surface area contributed by atoms with Gasteiger partial charge in [0.05, 0.1) is 6.10 Å². The quantitative estimate of drug-likeness (QED) is 0.413. The first-order chi connectivity index (χ1) is 11.2. The van der Waals surface area contributed by atoms with Crippen molar-refractivity contribution < 1.29 is 14.3 Å². The van der Waals surface area contributed by atoms with Crippen molar-refractivity contribution in [2.75, 3.05) is 13.2 Å². The molecule has 0 atom stereocenters. The van der Waals surface area contributed by atoms with Crippen LogP contribution in [0.25, 0.3) is 0 Å². The summed E-state index contributed by atoms with van der Waals surface area (Å²) in [5.41, 5.74) is 0. The highest BCUT2D eigenvalue weighted by Gasteiger charge is 2.13. The van der Waals surface area contributed by atoms with E-state index in [1.165, 1.54) is 64.2 Å². The maximum Gasteiger partial charge on any atom is 0.338 e. The molecule has 1 aliphatic rings. The number of hydrogen-bond acceptors (Lipinski definition) is 4. The van der Waals surface area contributed by atoms with Crippen molar-refractivity contribution >= 4 is 11.9 Å². The van der Waals surface area contributed by atoms with Crippen molar-refractivity contribution in [3.05, 3.63) is 0 Å². The summed E-state index contributed by atoms with van der Waals surface area (Å²) in [6.07, 6.45) is 15.5. The first-order valence-corrected chi connectivity index (χ1v) is 9.55. The van der Waals surface area contributed by atoms with Crippen LogP contribution in [0.1, 0.15) is 90.9 Å². The van der Waals surface area contributed by atoms with Crippen LogP contribution in [0.15, 0.2) is 4.99 Å². The SMILES string of the molecule is CC/N=C(/C)OC(=O)COC1CCCCCCCCCCCC1. The summed E-state index contributed by atoms with van der Waals surface area (Å²) in [6, 6.07) is 0. The lowest BCUT2D eigenvalue weighted by Gasteiger charge is -2.17. The Labute approximate surface area is 142 Å². The lowest BCUT2D eigenvalue weighted by molar-refractivity contribution is -0.143. The largest absolute Gasteiger partial charge is 0.411 e. The summed E-state index contributed by atoms with van der Waals surface area (Å²) in [6.45, 7) is 4.30. The third kappa shape index (κ3) is 11.3. The molecule has 1 aliphatic carbocycles. The molecule has 4 nitrogen and oxygen atoms in total. The monoisotopic (exact) mass is 325 g/mol. The summed E-state index contributed by atoms with van der Waals surface area (Å²) in [4.78, 5) is 15.8. The highest BCUT2D eigenvalue weighted by molar-refractivity contribution is 5.87. The van der Waals surface area contributed by atoms with Gasteiger partial charge in [-0.3, -0.25) is 4.99 Å². The van der Waals surface area contributed by atoms with Crippen molar-refractivity contribution in [3.63, 3.8) is 0 Å². The fourth-order valence-corrected chi connectivity index (χ4v) is 3.10. The van der Waals surface area contributed by atoms with Gasteiger partial charge in [0.15, 0.2) is 5.90 Å². The van der Waals surface area contributed by atoms with Gasteiger partial charge in [-0.25, -0.2) is 4.79 Å². The average molecular weight is 325 g/mol. The number of aliphatic imine (C=N–C) groups is 1. The molecule has 0 aromatic carbocycles. The van der Waals surface area contributed by atoms with Crippen LogP contribution in [0.2, 0.25) is 0 Å². The molecular formula is C19H35NO3. The highest BCUT2D eigenvalue weighted by atomic mass is 16.6. The molecule has 4 heteroatoms. The Morgan fingerprint density at radius 2 is 1.39 bits per heavy atom. The van der Waals surface area contributed by atoms with E-state index in [-0.39, 0.29) is 18.7 Å². The molecule has 0 amide bonds. The predicted molar refractivity (Wildman–Crippen MR) is 94.9 cm³/mol. The van der Waals surface area contributed by atoms with Gasteiger partial charge in [0.2, 0.25) is 0 Å². The minimum atomic E-state index is -0.331. The molecule has 0 heterocycles. The molecule has 1 saturated carbocycles. The van der Waals surface area contributed by atoms with E-state index < -0.39 is 0 Å². The molecule has 0 radical (unpaired) electrons. The Bertz CT molecular complexity index is 328. The molecule has 0 bridgehead atoms. The van der Waals surface area contributed by atoms with E-state index in [1.54, 1.807) is 6.92 Å². The van der Waals surface area contributed by atoms with Crippen LogP contribution >= 0.6 is 0 Å². The average Bonchev–Trinajstić information content (AvgIpc) is 2.54. The zero-order valence-electron chi connectivity index (χ0n) is 15.1. The Morgan fingerprint density at radius 1 is 0.913 bits per heavy atom. The maximum atomic E-state index is 11.8. The number of ether oxygens (including phenoxy) is 2. The van der Waals surface area contributed by atoms with Gasteiger partial charge >= 0.3 is 5.97 Å². The Hall–Kier alpha value is -0.900. The van der Waals surface area contributed by atoms with E-state index in [9.17, 15) is 4.79 Å². The van der Waals surface area contributed by atoms with Gasteiger partial charge in [0.1, 0.15) is 6.61 Å².